The van der Waals surface area contributed by atoms with Gasteiger partial charge in [-0.25, -0.2) is 20.0 Å². The van der Waals surface area contributed by atoms with Crippen LogP contribution in [0.3, 0.4) is 0 Å². The van der Waals surface area contributed by atoms with Crippen LogP contribution < -0.4 is 16.2 Å². The molecule has 120 valence electrons. The molecule has 23 heavy (non-hydrogen) atoms. The van der Waals surface area contributed by atoms with Crippen molar-refractivity contribution in [1.29, 1.82) is 0 Å². The summed E-state index contributed by atoms with van der Waals surface area (Å²) in [6, 6.07) is 2.05. The summed E-state index contributed by atoms with van der Waals surface area (Å²) in [6.45, 7) is 3.08. The van der Waals surface area contributed by atoms with E-state index in [1.807, 2.05) is 10.8 Å². The van der Waals surface area contributed by atoms with Gasteiger partial charge in [-0.05, 0) is 32.1 Å². The third-order valence-corrected chi connectivity index (χ3v) is 4.58. The Kier molecular flexibility index (Phi) is 3.59. The summed E-state index contributed by atoms with van der Waals surface area (Å²) in [7, 11) is 0. The van der Waals surface area contributed by atoms with Crippen LogP contribution in [0.4, 0.5) is 5.69 Å². The maximum absolute atomic E-state index is 5.00. The Morgan fingerprint density at radius 1 is 1.22 bits per heavy atom. The maximum Gasteiger partial charge on any atom is 0.179 e. The highest BCUT2D eigenvalue weighted by Gasteiger charge is 2.34. The van der Waals surface area contributed by atoms with Gasteiger partial charge in [-0.3, -0.25) is 4.57 Å². The number of rotatable bonds is 4. The number of imidazole rings is 1. The molecule has 3 heterocycles. The molecular weight excluding hydrogens is 288 g/mol. The molecule has 2 aromatic rings. The van der Waals surface area contributed by atoms with Gasteiger partial charge < -0.3 is 5.32 Å². The van der Waals surface area contributed by atoms with E-state index in [1.165, 1.54) is 19.3 Å². The van der Waals surface area contributed by atoms with Crippen LogP contribution in [0.25, 0.3) is 5.82 Å². The van der Waals surface area contributed by atoms with Gasteiger partial charge in [-0.15, -0.1) is 0 Å². The van der Waals surface area contributed by atoms with Crippen molar-refractivity contribution in [3.8, 4) is 5.82 Å². The lowest BCUT2D eigenvalue weighted by Crippen LogP contribution is -2.30. The van der Waals surface area contributed by atoms with Gasteiger partial charge in [0.1, 0.15) is 17.5 Å². The second-order valence-corrected chi connectivity index (χ2v) is 6.36. The molecule has 2 aliphatic rings. The molecule has 1 aliphatic carbocycles. The van der Waals surface area contributed by atoms with Crippen molar-refractivity contribution in [3.05, 3.63) is 35.6 Å². The highest BCUT2D eigenvalue weighted by Crippen LogP contribution is 2.33. The zero-order valence-corrected chi connectivity index (χ0v) is 13.5. The average Bonchev–Trinajstić information content (AvgIpc) is 3.20. The molecule has 1 saturated carbocycles. The van der Waals surface area contributed by atoms with Gasteiger partial charge in [-0.2, -0.15) is 0 Å². The summed E-state index contributed by atoms with van der Waals surface area (Å²) in [5.41, 5.74) is 1.55. The standard InChI is InChI=1S/C17H22N6/c1-2-8-19-13-11-14(23-10-9-18-12-23)20-16-15(13)21-17(22-16)6-4-3-5-7-17/h9-12,19H,2-8H2,1H3. The summed E-state index contributed by atoms with van der Waals surface area (Å²) in [6.07, 6.45) is 12.3. The first-order valence-electron chi connectivity index (χ1n) is 8.53. The van der Waals surface area contributed by atoms with Crippen LogP contribution in [0, 0.1) is 0 Å². The fraction of sp³-hybridized carbons (Fsp3) is 0.529. The second-order valence-electron chi connectivity index (χ2n) is 6.36. The summed E-state index contributed by atoms with van der Waals surface area (Å²) in [5.74, 6) is 0.840. The lowest BCUT2D eigenvalue weighted by Gasteiger charge is -2.26. The first-order chi connectivity index (χ1) is 11.3. The number of fused-ring (bicyclic) bond motifs is 1. The fourth-order valence-electron chi connectivity index (χ4n) is 3.39. The SMILES string of the molecule is CCCNc1cc(-n2ccnc2)nc2c1=NC1(CCCCC1)N=2. The second kappa shape index (κ2) is 5.76. The molecule has 2 aromatic heterocycles. The first-order valence-corrected chi connectivity index (χ1v) is 8.53. The van der Waals surface area contributed by atoms with Crippen molar-refractivity contribution in [3.63, 3.8) is 0 Å². The fourth-order valence-corrected chi connectivity index (χ4v) is 3.39. The molecule has 1 N–H and O–H groups in total. The van der Waals surface area contributed by atoms with Crippen molar-refractivity contribution in [2.45, 2.75) is 51.1 Å². The molecule has 0 amide bonds. The Morgan fingerprint density at radius 3 is 2.83 bits per heavy atom. The Bertz CT molecular complexity index is 802. The molecule has 1 aliphatic heterocycles. The molecule has 1 spiro atoms. The molecule has 0 bridgehead atoms. The molecule has 1 fully saturated rings. The van der Waals surface area contributed by atoms with Crippen LogP contribution in [0.1, 0.15) is 45.4 Å². The predicted molar refractivity (Wildman–Crippen MR) is 88.3 cm³/mol. The van der Waals surface area contributed by atoms with E-state index >= 15 is 0 Å². The molecular formula is C17H22N6. The third-order valence-electron chi connectivity index (χ3n) is 4.58. The minimum absolute atomic E-state index is 0.260. The largest absolute Gasteiger partial charge is 0.383 e. The van der Waals surface area contributed by atoms with Crippen LogP contribution in [-0.2, 0) is 0 Å². The van der Waals surface area contributed by atoms with Crippen molar-refractivity contribution in [2.75, 3.05) is 11.9 Å². The minimum Gasteiger partial charge on any atom is -0.383 e. The predicted octanol–water partition coefficient (Wildman–Crippen LogP) is 2.00. The van der Waals surface area contributed by atoms with Gasteiger partial charge >= 0.3 is 0 Å². The van der Waals surface area contributed by atoms with E-state index in [0.717, 1.165) is 48.2 Å². The zero-order chi connectivity index (χ0) is 15.7. The van der Waals surface area contributed by atoms with E-state index < -0.39 is 0 Å². The zero-order valence-electron chi connectivity index (χ0n) is 13.5. The third kappa shape index (κ3) is 2.62. The van der Waals surface area contributed by atoms with Crippen LogP contribution in [0.15, 0.2) is 34.8 Å². The Balaban J connectivity index is 1.84. The van der Waals surface area contributed by atoms with E-state index in [4.69, 9.17) is 15.0 Å². The van der Waals surface area contributed by atoms with Gasteiger partial charge in [-0.1, -0.05) is 13.3 Å². The Morgan fingerprint density at radius 2 is 2.09 bits per heavy atom. The summed E-state index contributed by atoms with van der Waals surface area (Å²) in [4.78, 5) is 18.8. The Labute approximate surface area is 135 Å². The van der Waals surface area contributed by atoms with Crippen molar-refractivity contribution >= 4 is 5.69 Å². The summed E-state index contributed by atoms with van der Waals surface area (Å²) >= 11 is 0. The summed E-state index contributed by atoms with van der Waals surface area (Å²) in [5, 5.41) is 4.43. The number of pyridine rings is 1. The van der Waals surface area contributed by atoms with Gasteiger partial charge in [0.25, 0.3) is 0 Å². The van der Waals surface area contributed by atoms with Crippen molar-refractivity contribution < 1.29 is 0 Å². The average molecular weight is 310 g/mol. The number of anilines is 1. The quantitative estimate of drug-likeness (QED) is 0.939. The van der Waals surface area contributed by atoms with Crippen molar-refractivity contribution in [2.24, 2.45) is 9.98 Å². The van der Waals surface area contributed by atoms with E-state index in [2.05, 4.69) is 23.3 Å². The lowest BCUT2D eigenvalue weighted by molar-refractivity contribution is 0.308. The number of nitrogens with zero attached hydrogens (tertiary/aromatic N) is 5. The van der Waals surface area contributed by atoms with Gasteiger partial charge in [0.2, 0.25) is 0 Å². The molecule has 0 unspecified atom stereocenters. The molecule has 0 radical (unpaired) electrons. The van der Waals surface area contributed by atoms with Crippen molar-refractivity contribution in [1.82, 2.24) is 14.5 Å². The molecule has 6 nitrogen and oxygen atoms in total. The van der Waals surface area contributed by atoms with Crippen LogP contribution >= 0.6 is 0 Å². The van der Waals surface area contributed by atoms with Gasteiger partial charge in [0, 0.05) is 25.0 Å². The number of hydrogen-bond donors (Lipinski definition) is 1. The van der Waals surface area contributed by atoms with E-state index in [1.54, 1.807) is 12.5 Å². The normalized spacial score (nSPS) is 18.3. The van der Waals surface area contributed by atoms with E-state index in [0.29, 0.717) is 0 Å². The maximum atomic E-state index is 5.00. The number of nitrogens with one attached hydrogen (secondary N) is 1. The lowest BCUT2D eigenvalue weighted by atomic mass is 9.90. The highest BCUT2D eigenvalue weighted by molar-refractivity contribution is 5.47. The van der Waals surface area contributed by atoms with Crippen LogP contribution in [-0.4, -0.2) is 26.7 Å². The Hall–Kier alpha value is -2.24. The van der Waals surface area contributed by atoms with Crippen LogP contribution in [0.2, 0.25) is 0 Å². The molecule has 0 saturated heterocycles. The molecule has 0 aromatic carbocycles. The highest BCUT2D eigenvalue weighted by atomic mass is 15.2. The first kappa shape index (κ1) is 14.4. The topological polar surface area (TPSA) is 67.5 Å². The van der Waals surface area contributed by atoms with E-state index in [9.17, 15) is 0 Å². The monoisotopic (exact) mass is 310 g/mol. The van der Waals surface area contributed by atoms with Gasteiger partial charge in [0.05, 0.1) is 5.69 Å². The van der Waals surface area contributed by atoms with E-state index in [-0.39, 0.29) is 5.66 Å². The van der Waals surface area contributed by atoms with Crippen LogP contribution in [0.5, 0.6) is 0 Å². The van der Waals surface area contributed by atoms with Gasteiger partial charge in [0.15, 0.2) is 11.2 Å². The minimum atomic E-state index is -0.260. The smallest absolute Gasteiger partial charge is 0.179 e. The summed E-state index contributed by atoms with van der Waals surface area (Å²) < 4.78 is 1.92. The molecule has 0 atom stereocenters. The number of aromatic nitrogens is 3. The molecule has 4 rings (SSSR count). The molecule has 6 heteroatoms. The number of hydrogen-bond acceptors (Lipinski definition) is 5.